The van der Waals surface area contributed by atoms with Gasteiger partial charge >= 0.3 is 23.7 Å². The van der Waals surface area contributed by atoms with Crippen molar-refractivity contribution >= 4 is 23.9 Å². The van der Waals surface area contributed by atoms with E-state index in [-0.39, 0.29) is 66.9 Å². The fourth-order valence-corrected chi connectivity index (χ4v) is 13.4. The number of aromatic amines is 1. The summed E-state index contributed by atoms with van der Waals surface area (Å²) in [6.45, 7) is 17.2. The molecule has 4 fully saturated rings. The predicted octanol–water partition coefficient (Wildman–Crippen LogP) is 9.00. The van der Waals surface area contributed by atoms with Crippen molar-refractivity contribution in [2.24, 2.45) is 52.3 Å². The lowest BCUT2D eigenvalue weighted by Crippen LogP contribution is -2.51. The molecule has 1 aliphatic heterocycles. The average molecular weight is 923 g/mol. The van der Waals surface area contributed by atoms with Crippen LogP contribution < -0.4 is 21.9 Å². The number of hydrogen-bond donors (Lipinski definition) is 4. The number of carboxylic acid groups (broad SMARTS) is 1. The van der Waals surface area contributed by atoms with E-state index in [9.17, 15) is 28.8 Å². The maximum Gasteiger partial charge on any atom is 0.407 e. The second-order valence-corrected chi connectivity index (χ2v) is 21.7. The van der Waals surface area contributed by atoms with Crippen molar-refractivity contribution in [1.29, 1.82) is 0 Å². The molecule has 4 N–H and O–H groups in total. The number of nitrogens with one attached hydrogen (secondary N) is 3. The summed E-state index contributed by atoms with van der Waals surface area (Å²) >= 11 is 0. The Bertz CT molecular complexity index is 1990. The number of unbranched alkanes of at least 4 members (excludes halogenated alkanes) is 3. The highest BCUT2D eigenvalue weighted by molar-refractivity contribution is 5.77. The molecule has 4 unspecified atom stereocenters. The first-order valence-corrected chi connectivity index (χ1v) is 25.8. The monoisotopic (exact) mass is 923 g/mol. The van der Waals surface area contributed by atoms with Crippen LogP contribution in [0.2, 0.25) is 0 Å². The molecule has 1 saturated heterocycles. The van der Waals surface area contributed by atoms with Crippen LogP contribution in [0.3, 0.4) is 0 Å². The van der Waals surface area contributed by atoms with E-state index in [2.05, 4.69) is 56.3 Å². The summed E-state index contributed by atoms with van der Waals surface area (Å²) in [5, 5.41) is 14.8. The molecular weight excluding hydrogens is 841 g/mol. The Hall–Kier alpha value is -3.94. The van der Waals surface area contributed by atoms with E-state index in [0.29, 0.717) is 24.9 Å². The van der Waals surface area contributed by atoms with E-state index in [4.69, 9.17) is 19.3 Å². The fraction of sp³-hybridized carbons (Fsp3) is 0.808. The standard InChI is InChI=1S/C52H82N4O10/c1-8-42-34(5)46(66-45(60)21-20-44(58)59)47(65-42)38-31-56(49(62)55-48(38)61)29-24-43(57)53-27-11-9-10-12-28-54-50(63)64-36-22-25-51(6)35(30-36)16-17-37-40-19-18-39(33(4)15-13-14-32(2)3)52(40,7)26-23-41(37)51/h16,31-34,36-37,39-42,46-47H,8-15,17-30H2,1-7H3,(H,53,57)(H,54,63)(H,58,59)(H,55,61,62)/t33-,34?,36+,37?,39-,40?,41?,42-,46+,47+,51+,52-/m1/s1. The number of ether oxygens (including phenoxy) is 3. The number of hydrogen-bond acceptors (Lipinski definition) is 9. The number of fused-ring (bicyclic) bond motifs is 5. The number of esters is 1. The SMILES string of the molecule is CC[C@H]1O[C@@H](c2cn(CCC(=O)NCCCCCCNC(=O)O[C@H]3CC[C@@]4(C)C(=CCC5C4CC[C@@]4(C)C5CC[C@@H]4[C@H](C)CCCC(C)C)C3)c(=O)[nH]c2=O)[C@@H](OC(=O)CCC(=O)O)C1C. The number of carbonyl (C=O) groups excluding carboxylic acids is 3. The number of aliphatic carboxylic acids is 1. The summed E-state index contributed by atoms with van der Waals surface area (Å²) in [7, 11) is 0. The van der Waals surface area contributed by atoms with Crippen LogP contribution in [0.25, 0.3) is 0 Å². The minimum Gasteiger partial charge on any atom is -0.481 e. The van der Waals surface area contributed by atoms with Gasteiger partial charge in [0.2, 0.25) is 5.91 Å². The summed E-state index contributed by atoms with van der Waals surface area (Å²) in [4.78, 5) is 76.9. The van der Waals surface area contributed by atoms with Crippen molar-refractivity contribution in [3.63, 3.8) is 0 Å². The van der Waals surface area contributed by atoms with E-state index in [1.807, 2.05) is 13.8 Å². The highest BCUT2D eigenvalue weighted by atomic mass is 16.6. The Labute approximate surface area is 392 Å². The molecule has 3 saturated carbocycles. The van der Waals surface area contributed by atoms with Gasteiger partial charge in [-0.05, 0) is 111 Å². The molecule has 14 heteroatoms. The third-order valence-electron chi connectivity index (χ3n) is 17.1. The van der Waals surface area contributed by atoms with Crippen LogP contribution in [0.4, 0.5) is 4.79 Å². The highest BCUT2D eigenvalue weighted by Crippen LogP contribution is 2.67. The number of rotatable bonds is 22. The molecule has 12 atom stereocenters. The predicted molar refractivity (Wildman–Crippen MR) is 253 cm³/mol. The Morgan fingerprint density at radius 1 is 0.909 bits per heavy atom. The van der Waals surface area contributed by atoms with E-state index < -0.39 is 35.4 Å². The Balaban J connectivity index is 0.863. The number of allylic oxidation sites excluding steroid dienone is 1. The van der Waals surface area contributed by atoms with Crippen molar-refractivity contribution in [2.45, 2.75) is 201 Å². The lowest BCUT2D eigenvalue weighted by atomic mass is 9.47. The maximum atomic E-state index is 12.9. The number of amides is 2. The molecule has 6 rings (SSSR count). The van der Waals surface area contributed by atoms with Gasteiger partial charge < -0.3 is 30.0 Å². The largest absolute Gasteiger partial charge is 0.481 e. The van der Waals surface area contributed by atoms with Gasteiger partial charge in [-0.25, -0.2) is 9.59 Å². The number of H-pyrrole nitrogens is 1. The number of aryl methyl sites for hydroxylation is 1. The van der Waals surface area contributed by atoms with E-state index in [1.165, 1.54) is 67.7 Å². The van der Waals surface area contributed by atoms with Gasteiger partial charge in [0.15, 0.2) is 0 Å². The van der Waals surface area contributed by atoms with Crippen LogP contribution in [0.1, 0.15) is 182 Å². The van der Waals surface area contributed by atoms with Gasteiger partial charge in [-0.3, -0.25) is 28.7 Å². The zero-order valence-electron chi connectivity index (χ0n) is 41.1. The van der Waals surface area contributed by atoms with Crippen LogP contribution in [-0.4, -0.2) is 70.0 Å². The first-order chi connectivity index (χ1) is 31.4. The second kappa shape index (κ2) is 22.9. The Kier molecular flexibility index (Phi) is 17.9. The number of alkyl carbamates (subject to hydrolysis) is 1. The van der Waals surface area contributed by atoms with Crippen molar-refractivity contribution in [1.82, 2.24) is 20.2 Å². The molecule has 2 heterocycles. The first-order valence-electron chi connectivity index (χ1n) is 25.8. The second-order valence-electron chi connectivity index (χ2n) is 21.7. The maximum absolute atomic E-state index is 12.9. The number of nitrogens with zero attached hydrogens (tertiary/aromatic N) is 1. The minimum absolute atomic E-state index is 0.00174. The van der Waals surface area contributed by atoms with Crippen LogP contribution in [0.5, 0.6) is 0 Å². The van der Waals surface area contributed by atoms with Crippen LogP contribution in [0.15, 0.2) is 27.4 Å². The molecule has 66 heavy (non-hydrogen) atoms. The van der Waals surface area contributed by atoms with Crippen molar-refractivity contribution in [2.75, 3.05) is 13.1 Å². The molecule has 370 valence electrons. The molecule has 0 radical (unpaired) electrons. The van der Waals surface area contributed by atoms with E-state index in [0.717, 1.165) is 80.5 Å². The van der Waals surface area contributed by atoms with Crippen molar-refractivity contribution < 1.29 is 38.5 Å². The molecule has 4 aliphatic carbocycles. The molecular formula is C52H82N4O10. The van der Waals surface area contributed by atoms with Crippen molar-refractivity contribution in [3.05, 3.63) is 44.2 Å². The van der Waals surface area contributed by atoms with Gasteiger partial charge in [0.1, 0.15) is 18.3 Å². The molecule has 0 bridgehead atoms. The highest BCUT2D eigenvalue weighted by Gasteiger charge is 2.59. The van der Waals surface area contributed by atoms with Gasteiger partial charge in [0, 0.05) is 44.6 Å². The lowest BCUT2D eigenvalue weighted by molar-refractivity contribution is -0.155. The summed E-state index contributed by atoms with van der Waals surface area (Å²) in [5.74, 6) is 2.46. The molecule has 0 aromatic carbocycles. The third kappa shape index (κ3) is 12.2. The molecule has 5 aliphatic rings. The van der Waals surface area contributed by atoms with Gasteiger partial charge in [0.25, 0.3) is 5.56 Å². The van der Waals surface area contributed by atoms with Gasteiger partial charge in [-0.15, -0.1) is 0 Å². The number of carboxylic acids is 1. The smallest absolute Gasteiger partial charge is 0.407 e. The molecule has 14 nitrogen and oxygen atoms in total. The molecule has 2 amide bonds. The summed E-state index contributed by atoms with van der Waals surface area (Å²) in [5.41, 5.74) is 0.961. The molecule has 1 aromatic heterocycles. The van der Waals surface area contributed by atoms with E-state index >= 15 is 0 Å². The Morgan fingerprint density at radius 3 is 2.36 bits per heavy atom. The van der Waals surface area contributed by atoms with Crippen molar-refractivity contribution in [3.8, 4) is 0 Å². The average Bonchev–Trinajstić information content (AvgIpc) is 3.78. The number of carbonyl (C=O) groups is 4. The van der Waals surface area contributed by atoms with Gasteiger partial charge in [0.05, 0.1) is 24.5 Å². The lowest BCUT2D eigenvalue weighted by Gasteiger charge is -2.58. The summed E-state index contributed by atoms with van der Waals surface area (Å²) < 4.78 is 19.0. The molecule has 0 spiro atoms. The van der Waals surface area contributed by atoms with E-state index in [1.54, 1.807) is 0 Å². The quantitative estimate of drug-likeness (QED) is 0.0495. The fourth-order valence-electron chi connectivity index (χ4n) is 13.4. The summed E-state index contributed by atoms with van der Waals surface area (Å²) in [6, 6.07) is 0. The minimum atomic E-state index is -1.13. The molecule has 1 aromatic rings. The topological polar surface area (TPSA) is 195 Å². The normalized spacial score (nSPS) is 31.8. The number of aromatic nitrogens is 2. The zero-order chi connectivity index (χ0) is 47.8. The zero-order valence-corrected chi connectivity index (χ0v) is 41.1. The van der Waals surface area contributed by atoms with Crippen LogP contribution in [0, 0.1) is 52.3 Å². The first kappa shape index (κ1) is 51.5. The summed E-state index contributed by atoms with van der Waals surface area (Å²) in [6.07, 6.45) is 18.2. The van der Waals surface area contributed by atoms with Crippen LogP contribution >= 0.6 is 0 Å². The van der Waals surface area contributed by atoms with Crippen LogP contribution in [-0.2, 0) is 35.1 Å². The van der Waals surface area contributed by atoms with Gasteiger partial charge in [-0.2, -0.15) is 0 Å². The third-order valence-corrected chi connectivity index (χ3v) is 17.1. The van der Waals surface area contributed by atoms with Gasteiger partial charge in [-0.1, -0.05) is 92.2 Å². The Morgan fingerprint density at radius 2 is 1.65 bits per heavy atom.